The summed E-state index contributed by atoms with van der Waals surface area (Å²) in [5.41, 5.74) is 4.14. The van der Waals surface area contributed by atoms with E-state index in [1.54, 1.807) is 6.07 Å². The zero-order valence-electron chi connectivity index (χ0n) is 14.5. The van der Waals surface area contributed by atoms with Gasteiger partial charge in [0.15, 0.2) is 0 Å². The van der Waals surface area contributed by atoms with Gasteiger partial charge in [-0.1, -0.05) is 6.07 Å². The maximum absolute atomic E-state index is 11.2. The highest BCUT2D eigenvalue weighted by Crippen LogP contribution is 2.34. The molecule has 0 unspecified atom stereocenters. The molecule has 0 fully saturated rings. The van der Waals surface area contributed by atoms with E-state index >= 15 is 0 Å². The summed E-state index contributed by atoms with van der Waals surface area (Å²) in [6.45, 7) is 2.00. The van der Waals surface area contributed by atoms with Crippen LogP contribution in [0.5, 0.6) is 0 Å². The zero-order chi connectivity index (χ0) is 19.0. The number of anilines is 2. The first-order valence-corrected chi connectivity index (χ1v) is 9.23. The maximum atomic E-state index is 11.2. The van der Waals surface area contributed by atoms with Crippen LogP contribution in [0, 0.1) is 0 Å². The highest BCUT2D eigenvalue weighted by Gasteiger charge is 2.28. The van der Waals surface area contributed by atoms with Gasteiger partial charge in [0.2, 0.25) is 16.9 Å². The predicted molar refractivity (Wildman–Crippen MR) is 104 cm³/mol. The lowest BCUT2D eigenvalue weighted by Crippen LogP contribution is -2.35. The molecule has 1 aliphatic carbocycles. The van der Waals surface area contributed by atoms with Crippen LogP contribution < -0.4 is 16.0 Å². The monoisotopic (exact) mass is 383 g/mol. The molecule has 0 saturated carbocycles. The molecule has 4 rings (SSSR count). The van der Waals surface area contributed by atoms with Gasteiger partial charge < -0.3 is 21.1 Å². The number of hydrogen-bond donors (Lipinski definition) is 4. The topological polar surface area (TPSA) is 116 Å². The molecule has 2 heterocycles. The van der Waals surface area contributed by atoms with Crippen LogP contribution in [0.1, 0.15) is 33.7 Å². The van der Waals surface area contributed by atoms with E-state index in [1.165, 1.54) is 18.3 Å². The molecule has 0 radical (unpaired) electrons. The number of benzene rings is 1. The van der Waals surface area contributed by atoms with Crippen LogP contribution in [0.4, 0.5) is 11.4 Å². The SMILES string of the molecule is CC(=O)Nc1cccc(NC2=NCC3=C(N2)c2nc(C(=O)O)sc2CC3)c1. The van der Waals surface area contributed by atoms with Crippen molar-refractivity contribution in [3.05, 3.63) is 45.4 Å². The van der Waals surface area contributed by atoms with Gasteiger partial charge >= 0.3 is 5.97 Å². The first-order valence-electron chi connectivity index (χ1n) is 8.41. The first kappa shape index (κ1) is 17.2. The summed E-state index contributed by atoms with van der Waals surface area (Å²) in [7, 11) is 0. The van der Waals surface area contributed by atoms with Gasteiger partial charge in [-0.05, 0) is 36.6 Å². The number of amides is 1. The van der Waals surface area contributed by atoms with E-state index in [-0.39, 0.29) is 10.9 Å². The smallest absolute Gasteiger partial charge is 0.365 e. The minimum Gasteiger partial charge on any atom is -0.476 e. The minimum absolute atomic E-state index is 0.107. The van der Waals surface area contributed by atoms with Crippen molar-refractivity contribution in [3.63, 3.8) is 0 Å². The molecule has 9 heteroatoms. The van der Waals surface area contributed by atoms with Crippen LogP contribution in [0.15, 0.2) is 34.8 Å². The number of fused-ring (bicyclic) bond motifs is 2. The number of aromatic carboxylic acids is 1. The lowest BCUT2D eigenvalue weighted by Gasteiger charge is -2.25. The van der Waals surface area contributed by atoms with Crippen molar-refractivity contribution in [1.82, 2.24) is 10.3 Å². The lowest BCUT2D eigenvalue weighted by molar-refractivity contribution is -0.114. The summed E-state index contributed by atoms with van der Waals surface area (Å²) in [5, 5.41) is 18.5. The third-order valence-electron chi connectivity index (χ3n) is 4.24. The van der Waals surface area contributed by atoms with Gasteiger partial charge in [-0.2, -0.15) is 0 Å². The van der Waals surface area contributed by atoms with Crippen molar-refractivity contribution in [2.24, 2.45) is 4.99 Å². The van der Waals surface area contributed by atoms with Crippen LogP contribution in [0.25, 0.3) is 5.70 Å². The third kappa shape index (κ3) is 3.54. The molecule has 0 saturated heterocycles. The standard InChI is InChI=1S/C18H17N5O3S/c1-9(24)20-11-3-2-4-12(7-11)21-18-19-8-10-5-6-13-15(14(10)23-18)22-16(27-13)17(25)26/h2-4,7H,5-6,8H2,1H3,(H,20,24)(H,25,26)(H2,19,21,23). The fraction of sp³-hybridized carbons (Fsp3) is 0.222. The van der Waals surface area contributed by atoms with Gasteiger partial charge in [-0.3, -0.25) is 4.79 Å². The van der Waals surface area contributed by atoms with Crippen LogP contribution in [0.2, 0.25) is 0 Å². The second-order valence-corrected chi connectivity index (χ2v) is 7.33. The van der Waals surface area contributed by atoms with E-state index < -0.39 is 5.97 Å². The molecule has 1 aliphatic heterocycles. The summed E-state index contributed by atoms with van der Waals surface area (Å²) < 4.78 is 0. The second-order valence-electron chi connectivity index (χ2n) is 6.25. The van der Waals surface area contributed by atoms with Gasteiger partial charge in [-0.25, -0.2) is 14.8 Å². The number of nitrogens with one attached hydrogen (secondary N) is 3. The van der Waals surface area contributed by atoms with Crippen molar-refractivity contribution >= 4 is 46.2 Å². The van der Waals surface area contributed by atoms with E-state index in [2.05, 4.69) is 25.9 Å². The van der Waals surface area contributed by atoms with E-state index in [9.17, 15) is 14.7 Å². The van der Waals surface area contributed by atoms with Crippen LogP contribution >= 0.6 is 11.3 Å². The zero-order valence-corrected chi connectivity index (χ0v) is 15.3. The van der Waals surface area contributed by atoms with Gasteiger partial charge in [-0.15, -0.1) is 11.3 Å². The highest BCUT2D eigenvalue weighted by molar-refractivity contribution is 7.13. The van der Waals surface area contributed by atoms with Crippen LogP contribution in [-0.4, -0.2) is 34.5 Å². The molecule has 138 valence electrons. The molecule has 2 aliphatic rings. The van der Waals surface area contributed by atoms with E-state index in [0.717, 1.165) is 34.7 Å². The molecule has 2 aromatic rings. The molecule has 27 heavy (non-hydrogen) atoms. The molecule has 1 aromatic heterocycles. The third-order valence-corrected chi connectivity index (χ3v) is 5.34. The maximum Gasteiger partial charge on any atom is 0.365 e. The molecule has 0 atom stereocenters. The number of hydrogen-bond acceptors (Lipinski definition) is 7. The van der Waals surface area contributed by atoms with Gasteiger partial charge in [0.25, 0.3) is 0 Å². The Hall–Kier alpha value is -3.20. The number of nitrogens with zero attached hydrogens (tertiary/aromatic N) is 2. The number of guanidine groups is 1. The molecule has 1 aromatic carbocycles. The van der Waals surface area contributed by atoms with Crippen molar-refractivity contribution in [1.29, 1.82) is 0 Å². The Balaban J connectivity index is 1.54. The predicted octanol–water partition coefficient (Wildman–Crippen LogP) is 2.53. The Morgan fingerprint density at radius 2 is 2.07 bits per heavy atom. The summed E-state index contributed by atoms with van der Waals surface area (Å²) in [5.74, 6) is -0.580. The average Bonchev–Trinajstić information content (AvgIpc) is 3.06. The summed E-state index contributed by atoms with van der Waals surface area (Å²) in [6, 6.07) is 7.32. The highest BCUT2D eigenvalue weighted by atomic mass is 32.1. The molecule has 1 amide bonds. The summed E-state index contributed by atoms with van der Waals surface area (Å²) in [4.78, 5) is 32.2. The fourth-order valence-corrected chi connectivity index (χ4v) is 3.99. The molecular formula is C18H17N5O3S. The van der Waals surface area contributed by atoms with Gasteiger partial charge in [0, 0.05) is 23.2 Å². The molecule has 0 bridgehead atoms. The Kier molecular flexibility index (Phi) is 4.36. The average molecular weight is 383 g/mol. The number of rotatable bonds is 3. The Bertz CT molecular complexity index is 1010. The number of aryl methyl sites for hydroxylation is 1. The number of aromatic nitrogens is 1. The molecular weight excluding hydrogens is 366 g/mol. The van der Waals surface area contributed by atoms with Gasteiger partial charge in [0.1, 0.15) is 5.69 Å². The number of thiazole rings is 1. The van der Waals surface area contributed by atoms with E-state index in [0.29, 0.717) is 23.9 Å². The quantitative estimate of drug-likeness (QED) is 0.647. The number of carbonyl (C=O) groups is 2. The van der Waals surface area contributed by atoms with Gasteiger partial charge in [0.05, 0.1) is 12.2 Å². The number of carboxylic acids is 1. The van der Waals surface area contributed by atoms with Crippen molar-refractivity contribution in [2.45, 2.75) is 19.8 Å². The summed E-state index contributed by atoms with van der Waals surface area (Å²) in [6.07, 6.45) is 1.63. The first-order chi connectivity index (χ1) is 13.0. The summed E-state index contributed by atoms with van der Waals surface area (Å²) >= 11 is 1.23. The van der Waals surface area contributed by atoms with E-state index in [4.69, 9.17) is 0 Å². The van der Waals surface area contributed by atoms with E-state index in [1.807, 2.05) is 18.2 Å². The fourth-order valence-electron chi connectivity index (χ4n) is 3.09. The number of carboxylic acid groups (broad SMARTS) is 1. The Morgan fingerprint density at radius 3 is 2.85 bits per heavy atom. The Labute approximate surface area is 159 Å². The van der Waals surface area contributed by atoms with Crippen LogP contribution in [0.3, 0.4) is 0 Å². The lowest BCUT2D eigenvalue weighted by atomic mass is 9.97. The van der Waals surface area contributed by atoms with Crippen molar-refractivity contribution in [2.75, 3.05) is 17.2 Å². The normalized spacial score (nSPS) is 15.2. The molecule has 0 spiro atoms. The van der Waals surface area contributed by atoms with Crippen molar-refractivity contribution < 1.29 is 14.7 Å². The second kappa shape index (κ2) is 6.84. The number of aliphatic imine (C=N–C) groups is 1. The van der Waals surface area contributed by atoms with Crippen molar-refractivity contribution in [3.8, 4) is 0 Å². The van der Waals surface area contributed by atoms with Crippen LogP contribution in [-0.2, 0) is 11.2 Å². The largest absolute Gasteiger partial charge is 0.476 e. The molecule has 4 N–H and O–H groups in total. The minimum atomic E-state index is -1.01. The number of carbonyl (C=O) groups excluding carboxylic acids is 1. The molecule has 8 nitrogen and oxygen atoms in total. The Morgan fingerprint density at radius 1 is 1.26 bits per heavy atom.